The van der Waals surface area contributed by atoms with E-state index in [2.05, 4.69) is 95.3 Å². The van der Waals surface area contributed by atoms with Gasteiger partial charge in [-0.2, -0.15) is 0 Å². The molecule has 0 spiro atoms. The molecule has 0 aliphatic rings. The van der Waals surface area contributed by atoms with E-state index >= 15 is 0 Å². The summed E-state index contributed by atoms with van der Waals surface area (Å²) in [5.74, 6) is 0.784. The van der Waals surface area contributed by atoms with E-state index in [1.165, 1.54) is 42.8 Å². The molecule has 0 bridgehead atoms. The minimum absolute atomic E-state index is 0. The number of aromatic nitrogens is 1. The number of aliphatic hydroxyl groups excluding tert-OH is 1. The molecule has 48 heavy (non-hydrogen) atoms. The van der Waals surface area contributed by atoms with Gasteiger partial charge < -0.3 is 5.11 Å². The van der Waals surface area contributed by atoms with Gasteiger partial charge in [-0.25, -0.2) is 0 Å². The van der Waals surface area contributed by atoms with Gasteiger partial charge >= 0.3 is 0 Å². The number of benzene rings is 3. The van der Waals surface area contributed by atoms with Gasteiger partial charge in [0.25, 0.3) is 0 Å². The molecular formula is C43H54IrNO2S-. The van der Waals surface area contributed by atoms with E-state index in [0.29, 0.717) is 5.92 Å². The first-order valence-electron chi connectivity index (χ1n) is 17.4. The number of rotatable bonds is 9. The number of nitrogens with zero attached hydrogens (tertiary/aromatic N) is 1. The zero-order valence-electron chi connectivity index (χ0n) is 30.8. The molecule has 0 fully saturated rings. The minimum Gasteiger partial charge on any atom is -0.512 e. The van der Waals surface area contributed by atoms with E-state index in [1.54, 1.807) is 0 Å². The van der Waals surface area contributed by atoms with Crippen molar-refractivity contribution < 1.29 is 30.0 Å². The standard InChI is InChI=1S/C28H26NS.C15H28O2.Ir/c1-17(2)20-11-8-12-22-23-13-14-29-25(27(23)30-26(20)22)19-15-18-9-6-7-10-21(18)24(16-19)28(3,4)5;1-7-14(5,8-2)12(16)11-13(17)15(6,9-3)10-4;/h6-14,16-17H,1-5H3;11,16H,7-10H2,1-6H3;/q-1;;/b;12-11-;. The summed E-state index contributed by atoms with van der Waals surface area (Å²) in [4.78, 5) is 17.0. The number of carbonyl (C=O) groups excluding carboxylic acids is 1. The zero-order chi connectivity index (χ0) is 34.7. The zero-order valence-corrected chi connectivity index (χ0v) is 34.0. The second-order valence-electron chi connectivity index (χ2n) is 14.8. The van der Waals surface area contributed by atoms with Crippen LogP contribution in [0.1, 0.15) is 119 Å². The van der Waals surface area contributed by atoms with Crippen LogP contribution in [0.4, 0.5) is 0 Å². The van der Waals surface area contributed by atoms with E-state index in [-0.39, 0.29) is 47.9 Å². The largest absolute Gasteiger partial charge is 0.512 e. The molecular weight excluding hydrogens is 787 g/mol. The van der Waals surface area contributed by atoms with Crippen molar-refractivity contribution in [3.05, 3.63) is 89.8 Å². The molecule has 3 aromatic carbocycles. The molecule has 0 saturated heterocycles. The molecule has 2 heterocycles. The summed E-state index contributed by atoms with van der Waals surface area (Å²) in [6.45, 7) is 23.5. The van der Waals surface area contributed by atoms with Crippen molar-refractivity contribution in [1.82, 2.24) is 4.98 Å². The van der Waals surface area contributed by atoms with Crippen molar-refractivity contribution in [2.24, 2.45) is 10.8 Å². The third-order valence-corrected chi connectivity index (χ3v) is 11.8. The Labute approximate surface area is 306 Å². The Morgan fingerprint density at radius 2 is 1.42 bits per heavy atom. The van der Waals surface area contributed by atoms with Crippen LogP contribution in [0.2, 0.25) is 0 Å². The fraction of sp³-hybridized carbons (Fsp3) is 0.442. The van der Waals surface area contributed by atoms with E-state index < -0.39 is 0 Å². The van der Waals surface area contributed by atoms with Crippen LogP contribution in [0.15, 0.2) is 72.6 Å². The Kier molecular flexibility index (Phi) is 13.0. The Hall–Kier alpha value is -2.85. The number of pyridine rings is 1. The van der Waals surface area contributed by atoms with Gasteiger partial charge in [-0.05, 0) is 54.0 Å². The van der Waals surface area contributed by atoms with E-state index in [9.17, 15) is 9.90 Å². The van der Waals surface area contributed by atoms with Gasteiger partial charge in [0.15, 0.2) is 5.78 Å². The first-order valence-corrected chi connectivity index (χ1v) is 18.2. The van der Waals surface area contributed by atoms with Gasteiger partial charge in [-0.15, -0.1) is 40.5 Å². The van der Waals surface area contributed by atoms with E-state index in [0.717, 1.165) is 42.3 Å². The number of thiophene rings is 1. The molecule has 0 atom stereocenters. The fourth-order valence-corrected chi connectivity index (χ4v) is 7.52. The third-order valence-electron chi connectivity index (χ3n) is 10.5. The third kappa shape index (κ3) is 7.96. The van der Waals surface area contributed by atoms with Crippen LogP contribution in [-0.2, 0) is 30.3 Å². The van der Waals surface area contributed by atoms with Gasteiger partial charge in [-0.1, -0.05) is 124 Å². The number of allylic oxidation sites excluding steroid dienone is 2. The predicted molar refractivity (Wildman–Crippen MR) is 205 cm³/mol. The van der Waals surface area contributed by atoms with Crippen LogP contribution in [0.3, 0.4) is 0 Å². The first-order chi connectivity index (χ1) is 22.1. The van der Waals surface area contributed by atoms with Crippen LogP contribution in [0, 0.1) is 16.9 Å². The average Bonchev–Trinajstić information content (AvgIpc) is 3.45. The molecule has 0 aliphatic heterocycles. The predicted octanol–water partition coefficient (Wildman–Crippen LogP) is 13.1. The summed E-state index contributed by atoms with van der Waals surface area (Å²) in [7, 11) is 0. The molecule has 0 saturated carbocycles. The maximum Gasteiger partial charge on any atom is 0.164 e. The van der Waals surface area contributed by atoms with E-state index in [1.807, 2.05) is 59.1 Å². The number of aliphatic hydroxyl groups is 1. The molecule has 0 unspecified atom stereocenters. The quantitative estimate of drug-likeness (QED) is 0.0914. The molecule has 2 aromatic heterocycles. The van der Waals surface area contributed by atoms with Crippen molar-refractivity contribution in [3.8, 4) is 11.3 Å². The molecule has 0 aliphatic carbocycles. The van der Waals surface area contributed by atoms with Crippen LogP contribution in [0.25, 0.3) is 42.2 Å². The van der Waals surface area contributed by atoms with Gasteiger partial charge in [0.05, 0.1) is 0 Å². The number of ketones is 1. The summed E-state index contributed by atoms with van der Waals surface area (Å²) >= 11 is 1.87. The first kappa shape index (κ1) is 39.6. The van der Waals surface area contributed by atoms with Crippen LogP contribution < -0.4 is 0 Å². The molecule has 3 nitrogen and oxygen atoms in total. The van der Waals surface area contributed by atoms with Gasteiger partial charge in [0, 0.05) is 63.7 Å². The Bertz CT molecular complexity index is 1900. The molecule has 259 valence electrons. The van der Waals surface area contributed by atoms with Crippen molar-refractivity contribution in [1.29, 1.82) is 0 Å². The van der Waals surface area contributed by atoms with Gasteiger partial charge in [0.1, 0.15) is 5.76 Å². The van der Waals surface area contributed by atoms with Crippen molar-refractivity contribution in [2.75, 3.05) is 0 Å². The molecule has 1 N–H and O–H groups in total. The smallest absolute Gasteiger partial charge is 0.164 e. The fourth-order valence-electron chi connectivity index (χ4n) is 6.05. The average molecular weight is 841 g/mol. The molecule has 5 heteroatoms. The second kappa shape index (κ2) is 15.8. The molecule has 5 aromatic rings. The second-order valence-corrected chi connectivity index (χ2v) is 15.9. The normalized spacial score (nSPS) is 12.7. The number of hydrogen-bond donors (Lipinski definition) is 1. The summed E-state index contributed by atoms with van der Waals surface area (Å²) in [6.07, 6.45) is 6.70. The molecule has 1 radical (unpaired) electrons. The summed E-state index contributed by atoms with van der Waals surface area (Å²) in [6, 6.07) is 23.4. The van der Waals surface area contributed by atoms with Crippen LogP contribution in [-0.4, -0.2) is 15.9 Å². The summed E-state index contributed by atoms with van der Waals surface area (Å²) in [5, 5.41) is 15.2. The Morgan fingerprint density at radius 1 is 0.833 bits per heavy atom. The SMILES string of the molecule is CC(C)c1cccc2c1sc1c(-c3[c-]c4ccccc4c(C(C)(C)C)c3)nccc12.CCC(C)(CC)C(=O)/C=C(\O)C(C)(CC)CC.[Ir]. The maximum absolute atomic E-state index is 12.2. The number of carbonyl (C=O) groups is 1. The van der Waals surface area contributed by atoms with Crippen LogP contribution >= 0.6 is 11.3 Å². The summed E-state index contributed by atoms with van der Waals surface area (Å²) in [5.41, 5.74) is 4.32. The van der Waals surface area contributed by atoms with E-state index in [4.69, 9.17) is 4.98 Å². The van der Waals surface area contributed by atoms with Crippen molar-refractivity contribution >= 4 is 48.1 Å². The molecule has 0 amide bonds. The monoisotopic (exact) mass is 841 g/mol. The van der Waals surface area contributed by atoms with Crippen molar-refractivity contribution in [3.63, 3.8) is 0 Å². The number of fused-ring (bicyclic) bond motifs is 4. The topological polar surface area (TPSA) is 50.2 Å². The maximum atomic E-state index is 12.2. The van der Waals surface area contributed by atoms with Crippen LogP contribution in [0.5, 0.6) is 0 Å². The van der Waals surface area contributed by atoms with Gasteiger partial charge in [-0.3, -0.25) is 9.78 Å². The Morgan fingerprint density at radius 3 is 2.00 bits per heavy atom. The molecule has 5 rings (SSSR count). The van der Waals surface area contributed by atoms with Gasteiger partial charge in [0.2, 0.25) is 0 Å². The Balaban J connectivity index is 0.000000301. The summed E-state index contributed by atoms with van der Waals surface area (Å²) < 4.78 is 2.64. The minimum atomic E-state index is -0.337. The van der Waals surface area contributed by atoms with Crippen molar-refractivity contribution in [2.45, 2.75) is 113 Å². The number of hydrogen-bond acceptors (Lipinski definition) is 4.